The van der Waals surface area contributed by atoms with Gasteiger partial charge in [0.15, 0.2) is 0 Å². The highest BCUT2D eigenvalue weighted by molar-refractivity contribution is 7.13. The van der Waals surface area contributed by atoms with Crippen LogP contribution < -0.4 is 4.74 Å². The molecular weight excluding hydrogens is 422 g/mol. The number of thiazole rings is 1. The van der Waals surface area contributed by atoms with Gasteiger partial charge in [-0.15, -0.1) is 11.3 Å². The molecule has 0 N–H and O–H groups in total. The predicted molar refractivity (Wildman–Crippen MR) is 126 cm³/mol. The summed E-state index contributed by atoms with van der Waals surface area (Å²) in [6.45, 7) is 6.85. The van der Waals surface area contributed by atoms with E-state index in [0.717, 1.165) is 28.3 Å². The summed E-state index contributed by atoms with van der Waals surface area (Å²) < 4.78 is 5.49. The fraction of sp³-hybridized carbons (Fsp3) is 0.320. The van der Waals surface area contributed by atoms with E-state index in [2.05, 4.69) is 4.98 Å². The first kappa shape index (κ1) is 22.0. The Morgan fingerprint density at radius 2 is 1.72 bits per heavy atom. The molecule has 0 aliphatic carbocycles. The molecule has 4 rings (SSSR count). The van der Waals surface area contributed by atoms with Gasteiger partial charge >= 0.3 is 0 Å². The van der Waals surface area contributed by atoms with E-state index in [-0.39, 0.29) is 11.8 Å². The van der Waals surface area contributed by atoms with Crippen molar-refractivity contribution in [3.8, 4) is 16.3 Å². The molecule has 1 aliphatic heterocycles. The van der Waals surface area contributed by atoms with Crippen molar-refractivity contribution in [2.24, 2.45) is 0 Å². The molecule has 2 amide bonds. The second kappa shape index (κ2) is 9.96. The Morgan fingerprint density at radius 3 is 2.41 bits per heavy atom. The summed E-state index contributed by atoms with van der Waals surface area (Å²) >= 11 is 1.46. The second-order valence-corrected chi connectivity index (χ2v) is 8.66. The van der Waals surface area contributed by atoms with Crippen LogP contribution in [0.5, 0.6) is 5.75 Å². The maximum atomic E-state index is 13.1. The molecule has 166 valence electrons. The highest BCUT2D eigenvalue weighted by Gasteiger charge is 2.25. The van der Waals surface area contributed by atoms with Crippen LogP contribution in [-0.4, -0.2) is 59.4 Å². The van der Waals surface area contributed by atoms with Crippen molar-refractivity contribution in [3.63, 3.8) is 0 Å². The zero-order valence-electron chi connectivity index (χ0n) is 18.4. The van der Waals surface area contributed by atoms with Gasteiger partial charge in [0, 0.05) is 42.7 Å². The Morgan fingerprint density at radius 1 is 1.00 bits per heavy atom. The van der Waals surface area contributed by atoms with Gasteiger partial charge in [0.05, 0.1) is 6.61 Å². The van der Waals surface area contributed by atoms with Gasteiger partial charge in [0.1, 0.15) is 16.5 Å². The highest BCUT2D eigenvalue weighted by Crippen LogP contribution is 2.26. The van der Waals surface area contributed by atoms with Crippen LogP contribution >= 0.6 is 11.3 Å². The van der Waals surface area contributed by atoms with Crippen molar-refractivity contribution in [1.82, 2.24) is 14.8 Å². The molecule has 2 aromatic carbocycles. The van der Waals surface area contributed by atoms with Crippen LogP contribution in [0.1, 0.15) is 39.8 Å². The third-order valence-corrected chi connectivity index (χ3v) is 6.36. The molecule has 2 heterocycles. The maximum Gasteiger partial charge on any atom is 0.273 e. The van der Waals surface area contributed by atoms with Gasteiger partial charge in [0.2, 0.25) is 0 Å². The number of hydrogen-bond donors (Lipinski definition) is 0. The van der Waals surface area contributed by atoms with Crippen molar-refractivity contribution in [2.45, 2.75) is 20.3 Å². The number of rotatable bonds is 5. The molecule has 0 spiro atoms. The van der Waals surface area contributed by atoms with Crippen LogP contribution in [0.25, 0.3) is 10.6 Å². The number of ether oxygens (including phenoxy) is 1. The molecule has 6 nitrogen and oxygen atoms in total. The topological polar surface area (TPSA) is 62.7 Å². The average molecular weight is 450 g/mol. The summed E-state index contributed by atoms with van der Waals surface area (Å²) in [6.07, 6.45) is 0.749. The average Bonchev–Trinajstić information content (AvgIpc) is 3.17. The van der Waals surface area contributed by atoms with Gasteiger partial charge in [-0.05, 0) is 56.7 Å². The molecule has 0 bridgehead atoms. The quantitative estimate of drug-likeness (QED) is 0.575. The predicted octanol–water partition coefficient (Wildman–Crippen LogP) is 4.51. The van der Waals surface area contributed by atoms with Crippen LogP contribution in [0, 0.1) is 6.92 Å². The summed E-state index contributed by atoms with van der Waals surface area (Å²) in [4.78, 5) is 34.2. The van der Waals surface area contributed by atoms with E-state index in [0.29, 0.717) is 44.0 Å². The van der Waals surface area contributed by atoms with Crippen molar-refractivity contribution in [2.75, 3.05) is 32.8 Å². The third kappa shape index (κ3) is 4.99. The molecule has 0 unspecified atom stereocenters. The minimum absolute atomic E-state index is 0.0226. The van der Waals surface area contributed by atoms with E-state index in [1.165, 1.54) is 11.3 Å². The van der Waals surface area contributed by atoms with Crippen molar-refractivity contribution >= 4 is 23.2 Å². The lowest BCUT2D eigenvalue weighted by Gasteiger charge is -2.22. The van der Waals surface area contributed by atoms with Crippen molar-refractivity contribution < 1.29 is 14.3 Å². The second-order valence-electron chi connectivity index (χ2n) is 7.80. The minimum Gasteiger partial charge on any atom is -0.494 e. The first-order valence-electron chi connectivity index (χ1n) is 10.9. The lowest BCUT2D eigenvalue weighted by molar-refractivity contribution is 0.0716. The van der Waals surface area contributed by atoms with Crippen LogP contribution in [0.2, 0.25) is 0 Å². The number of nitrogens with zero attached hydrogens (tertiary/aromatic N) is 3. The van der Waals surface area contributed by atoms with Crippen molar-refractivity contribution in [1.29, 1.82) is 0 Å². The number of hydrogen-bond acceptors (Lipinski definition) is 5. The minimum atomic E-state index is -0.0803. The molecule has 32 heavy (non-hydrogen) atoms. The zero-order chi connectivity index (χ0) is 22.5. The summed E-state index contributed by atoms with van der Waals surface area (Å²) in [5, 5.41) is 2.62. The molecule has 0 saturated carbocycles. The number of carbonyl (C=O) groups excluding carboxylic acids is 2. The fourth-order valence-electron chi connectivity index (χ4n) is 3.81. The smallest absolute Gasteiger partial charge is 0.273 e. The van der Waals surface area contributed by atoms with Crippen molar-refractivity contribution in [3.05, 3.63) is 70.7 Å². The molecule has 0 radical (unpaired) electrons. The molecule has 1 aliphatic rings. The Kier molecular flexibility index (Phi) is 6.85. The number of aryl methyl sites for hydroxylation is 1. The van der Waals surface area contributed by atoms with Crippen LogP contribution in [-0.2, 0) is 0 Å². The Hall–Kier alpha value is -3.19. The lowest BCUT2D eigenvalue weighted by atomic mass is 10.1. The van der Waals surface area contributed by atoms with E-state index in [1.54, 1.807) is 4.90 Å². The largest absolute Gasteiger partial charge is 0.494 e. The molecule has 3 aromatic rings. The maximum absolute atomic E-state index is 13.1. The van der Waals surface area contributed by atoms with Gasteiger partial charge < -0.3 is 14.5 Å². The zero-order valence-corrected chi connectivity index (χ0v) is 19.2. The fourth-order valence-corrected chi connectivity index (χ4v) is 4.61. The first-order valence-corrected chi connectivity index (χ1v) is 11.8. The molecule has 1 fully saturated rings. The lowest BCUT2D eigenvalue weighted by Crippen LogP contribution is -2.37. The van der Waals surface area contributed by atoms with Gasteiger partial charge in [-0.3, -0.25) is 9.59 Å². The Bertz CT molecular complexity index is 1090. The summed E-state index contributed by atoms with van der Waals surface area (Å²) in [5.74, 6) is 0.760. The van der Waals surface area contributed by atoms with E-state index < -0.39 is 0 Å². The molecule has 7 heteroatoms. The number of aromatic nitrogens is 1. The van der Waals surface area contributed by atoms with E-state index in [9.17, 15) is 9.59 Å². The van der Waals surface area contributed by atoms with Gasteiger partial charge in [-0.25, -0.2) is 4.98 Å². The van der Waals surface area contributed by atoms with Gasteiger partial charge in [-0.2, -0.15) is 0 Å². The van der Waals surface area contributed by atoms with E-state index in [4.69, 9.17) is 4.74 Å². The highest BCUT2D eigenvalue weighted by atomic mass is 32.1. The summed E-state index contributed by atoms with van der Waals surface area (Å²) in [5.41, 5.74) is 3.18. The standard InChI is InChI=1S/C25H27N3O3S/c1-3-31-21-10-8-19(9-11-21)23-26-22(17-32-23)25(30)28-13-5-12-27(14-15-28)24(29)20-7-4-6-18(2)16-20/h4,6-11,16-17H,3,5,12-15H2,1-2H3. The van der Waals surface area contributed by atoms with Gasteiger partial charge in [0.25, 0.3) is 11.8 Å². The normalized spacial score (nSPS) is 14.2. The summed E-state index contributed by atoms with van der Waals surface area (Å²) in [6, 6.07) is 15.4. The Labute approximate surface area is 192 Å². The molecule has 1 saturated heterocycles. The molecule has 1 aromatic heterocycles. The van der Waals surface area contributed by atoms with E-state index >= 15 is 0 Å². The first-order chi connectivity index (χ1) is 15.5. The van der Waals surface area contributed by atoms with Crippen LogP contribution in [0.15, 0.2) is 53.9 Å². The number of benzene rings is 2. The SMILES string of the molecule is CCOc1ccc(-c2nc(C(=O)N3CCCN(C(=O)c4cccc(C)c4)CC3)cs2)cc1. The third-order valence-electron chi connectivity index (χ3n) is 5.47. The van der Waals surface area contributed by atoms with Gasteiger partial charge in [-0.1, -0.05) is 17.7 Å². The molecular formula is C25H27N3O3S. The molecule has 0 atom stereocenters. The summed E-state index contributed by atoms with van der Waals surface area (Å²) in [7, 11) is 0. The number of amides is 2. The monoisotopic (exact) mass is 449 g/mol. The van der Waals surface area contributed by atoms with Crippen LogP contribution in [0.4, 0.5) is 0 Å². The van der Waals surface area contributed by atoms with Crippen LogP contribution in [0.3, 0.4) is 0 Å². The van der Waals surface area contributed by atoms with E-state index in [1.807, 2.05) is 72.7 Å². The number of carbonyl (C=O) groups is 2. The Balaban J connectivity index is 1.40.